The minimum absolute atomic E-state index is 0.106. The minimum Gasteiger partial charge on any atom is -0.393 e. The molecule has 6 atom stereocenters. The molecule has 0 aliphatic heterocycles. The van der Waals surface area contributed by atoms with Crippen LogP contribution in [-0.4, -0.2) is 17.0 Å². The third kappa shape index (κ3) is 2.22. The van der Waals surface area contributed by atoms with E-state index in [0.717, 1.165) is 32.1 Å². The van der Waals surface area contributed by atoms with Crippen LogP contribution in [-0.2, 0) is 4.79 Å². The average molecular weight is 313 g/mol. The standard InChI is InChI=1S/C20H27NO2/c1-20-8-6-16-15(17(20)4-5-18(20)23)3-2-12-10-14(22)11-13(7-9-21)19(12)16/h13,15-18,23H,2-8,10-11H2,1H3/t13?,15-,16+,17+,18+,20+/m1/s1. The van der Waals surface area contributed by atoms with Crippen molar-refractivity contribution in [3.05, 3.63) is 11.1 Å². The van der Waals surface area contributed by atoms with E-state index in [0.29, 0.717) is 42.8 Å². The largest absolute Gasteiger partial charge is 0.393 e. The van der Waals surface area contributed by atoms with E-state index in [2.05, 4.69) is 13.0 Å². The molecule has 124 valence electrons. The number of rotatable bonds is 1. The first-order valence-corrected chi connectivity index (χ1v) is 9.33. The van der Waals surface area contributed by atoms with Gasteiger partial charge in [-0.1, -0.05) is 18.1 Å². The first kappa shape index (κ1) is 15.4. The molecule has 4 rings (SSSR count). The molecule has 1 unspecified atom stereocenters. The van der Waals surface area contributed by atoms with Crippen LogP contribution in [0.15, 0.2) is 11.1 Å². The van der Waals surface area contributed by atoms with Gasteiger partial charge in [0.15, 0.2) is 0 Å². The molecule has 2 fully saturated rings. The molecule has 0 aromatic heterocycles. The highest BCUT2D eigenvalue weighted by Gasteiger charge is 2.55. The van der Waals surface area contributed by atoms with Crippen LogP contribution >= 0.6 is 0 Å². The second-order valence-electron chi connectivity index (χ2n) is 8.59. The van der Waals surface area contributed by atoms with E-state index in [1.165, 1.54) is 17.6 Å². The summed E-state index contributed by atoms with van der Waals surface area (Å²) in [7, 11) is 0. The van der Waals surface area contributed by atoms with Crippen LogP contribution in [0.3, 0.4) is 0 Å². The molecule has 0 aromatic carbocycles. The topological polar surface area (TPSA) is 61.1 Å². The van der Waals surface area contributed by atoms with Crippen molar-refractivity contribution in [2.45, 2.75) is 70.8 Å². The summed E-state index contributed by atoms with van der Waals surface area (Å²) in [6.45, 7) is 2.30. The molecule has 0 saturated heterocycles. The van der Waals surface area contributed by atoms with Gasteiger partial charge < -0.3 is 5.11 Å². The maximum atomic E-state index is 12.1. The van der Waals surface area contributed by atoms with Gasteiger partial charge in [0.2, 0.25) is 0 Å². The lowest BCUT2D eigenvalue weighted by molar-refractivity contribution is -0.120. The number of hydrogen-bond acceptors (Lipinski definition) is 3. The van der Waals surface area contributed by atoms with Crippen molar-refractivity contribution in [1.29, 1.82) is 5.26 Å². The van der Waals surface area contributed by atoms with E-state index in [4.69, 9.17) is 0 Å². The van der Waals surface area contributed by atoms with Gasteiger partial charge in [-0.15, -0.1) is 0 Å². The van der Waals surface area contributed by atoms with E-state index in [1.54, 1.807) is 0 Å². The lowest BCUT2D eigenvalue weighted by Crippen LogP contribution is -2.46. The maximum absolute atomic E-state index is 12.1. The molecule has 3 nitrogen and oxygen atoms in total. The van der Waals surface area contributed by atoms with Crippen molar-refractivity contribution in [2.75, 3.05) is 0 Å². The van der Waals surface area contributed by atoms with E-state index in [1.807, 2.05) is 0 Å². The highest BCUT2D eigenvalue weighted by atomic mass is 16.3. The zero-order chi connectivity index (χ0) is 16.2. The Labute approximate surface area is 138 Å². The third-order valence-corrected chi connectivity index (χ3v) is 7.64. The Bertz CT molecular complexity index is 601. The molecule has 3 heteroatoms. The summed E-state index contributed by atoms with van der Waals surface area (Å²) in [6, 6.07) is 2.32. The number of carbonyl (C=O) groups excluding carboxylic acids is 1. The van der Waals surface area contributed by atoms with Gasteiger partial charge in [-0.2, -0.15) is 5.26 Å². The minimum atomic E-state index is -0.133. The number of nitrogens with zero attached hydrogens (tertiary/aromatic N) is 1. The molecule has 0 bridgehead atoms. The smallest absolute Gasteiger partial charge is 0.137 e. The summed E-state index contributed by atoms with van der Waals surface area (Å²) in [4.78, 5) is 12.1. The number of aliphatic hydroxyl groups is 1. The van der Waals surface area contributed by atoms with Crippen molar-refractivity contribution in [3.8, 4) is 6.07 Å². The lowest BCUT2D eigenvalue weighted by Gasteiger charge is -2.52. The Balaban J connectivity index is 1.68. The second kappa shape index (κ2) is 5.45. The van der Waals surface area contributed by atoms with Crippen molar-refractivity contribution < 1.29 is 9.90 Å². The molecule has 0 amide bonds. The summed E-state index contributed by atoms with van der Waals surface area (Å²) < 4.78 is 0. The van der Waals surface area contributed by atoms with Crippen LogP contribution in [0.5, 0.6) is 0 Å². The highest BCUT2D eigenvalue weighted by molar-refractivity contribution is 5.83. The fourth-order valence-corrected chi connectivity index (χ4v) is 6.57. The predicted octanol–water partition coefficient (Wildman–Crippen LogP) is 3.77. The van der Waals surface area contributed by atoms with Gasteiger partial charge in [0, 0.05) is 25.2 Å². The fourth-order valence-electron chi connectivity index (χ4n) is 6.57. The summed E-state index contributed by atoms with van der Waals surface area (Å²) >= 11 is 0. The van der Waals surface area contributed by atoms with Gasteiger partial charge in [-0.3, -0.25) is 4.79 Å². The molecular formula is C20H27NO2. The Kier molecular flexibility index (Phi) is 3.65. The van der Waals surface area contributed by atoms with Gasteiger partial charge >= 0.3 is 0 Å². The van der Waals surface area contributed by atoms with E-state index in [9.17, 15) is 15.2 Å². The lowest BCUT2D eigenvalue weighted by atomic mass is 9.53. The first-order chi connectivity index (χ1) is 11.0. The Morgan fingerprint density at radius 2 is 2.13 bits per heavy atom. The van der Waals surface area contributed by atoms with Gasteiger partial charge in [0.1, 0.15) is 5.78 Å². The fraction of sp³-hybridized carbons (Fsp3) is 0.800. The molecule has 4 aliphatic carbocycles. The summed E-state index contributed by atoms with van der Waals surface area (Å²) in [5.41, 5.74) is 2.99. The number of nitriles is 1. The van der Waals surface area contributed by atoms with Crippen LogP contribution in [0, 0.1) is 40.4 Å². The number of hydrogen-bond donors (Lipinski definition) is 1. The maximum Gasteiger partial charge on any atom is 0.137 e. The van der Waals surface area contributed by atoms with Crippen LogP contribution in [0.4, 0.5) is 0 Å². The van der Waals surface area contributed by atoms with Crippen LogP contribution in [0.25, 0.3) is 0 Å². The molecule has 0 spiro atoms. The highest BCUT2D eigenvalue weighted by Crippen LogP contribution is 2.61. The van der Waals surface area contributed by atoms with Crippen molar-refractivity contribution in [1.82, 2.24) is 0 Å². The van der Waals surface area contributed by atoms with Crippen molar-refractivity contribution in [3.63, 3.8) is 0 Å². The average Bonchev–Trinajstić information content (AvgIpc) is 2.82. The van der Waals surface area contributed by atoms with Gasteiger partial charge in [0.05, 0.1) is 12.2 Å². The summed E-state index contributed by atoms with van der Waals surface area (Å²) in [5.74, 6) is 2.39. The van der Waals surface area contributed by atoms with E-state index in [-0.39, 0.29) is 17.4 Å². The zero-order valence-corrected chi connectivity index (χ0v) is 14.1. The number of allylic oxidation sites excluding steroid dienone is 2. The summed E-state index contributed by atoms with van der Waals surface area (Å²) in [5, 5.41) is 19.7. The molecule has 0 aromatic rings. The number of aliphatic hydroxyl groups excluding tert-OH is 1. The van der Waals surface area contributed by atoms with Gasteiger partial charge in [0.25, 0.3) is 0 Å². The predicted molar refractivity (Wildman–Crippen MR) is 87.3 cm³/mol. The van der Waals surface area contributed by atoms with Crippen LogP contribution in [0.2, 0.25) is 0 Å². The van der Waals surface area contributed by atoms with Crippen LogP contribution < -0.4 is 0 Å². The molecule has 0 radical (unpaired) electrons. The monoisotopic (exact) mass is 313 g/mol. The molecular weight excluding hydrogens is 286 g/mol. The third-order valence-electron chi connectivity index (χ3n) is 7.64. The quantitative estimate of drug-likeness (QED) is 0.750. The second-order valence-corrected chi connectivity index (χ2v) is 8.59. The van der Waals surface area contributed by atoms with E-state index < -0.39 is 0 Å². The van der Waals surface area contributed by atoms with Crippen molar-refractivity contribution in [2.24, 2.45) is 29.1 Å². The Morgan fingerprint density at radius 1 is 1.30 bits per heavy atom. The molecule has 0 heterocycles. The molecule has 4 aliphatic rings. The van der Waals surface area contributed by atoms with Crippen LogP contribution in [0.1, 0.15) is 64.7 Å². The zero-order valence-electron chi connectivity index (χ0n) is 14.1. The molecule has 1 N–H and O–H groups in total. The SMILES string of the molecule is C[C@]12CC[C@@H]3C4=C(CC[C@H]3[C@@H]1CC[C@@H]2O)CC(=O)CC4CC#N. The number of carbonyl (C=O) groups is 1. The normalized spacial score (nSPS) is 46.0. The summed E-state index contributed by atoms with van der Waals surface area (Å²) in [6.07, 6.45) is 8.18. The number of ketones is 1. The first-order valence-electron chi connectivity index (χ1n) is 9.33. The Morgan fingerprint density at radius 3 is 2.91 bits per heavy atom. The Hall–Kier alpha value is -1.14. The number of Topliss-reactive ketones (excluding diaryl/α,β-unsaturated/α-hetero) is 1. The van der Waals surface area contributed by atoms with Crippen molar-refractivity contribution >= 4 is 5.78 Å². The molecule has 2 saturated carbocycles. The van der Waals surface area contributed by atoms with Gasteiger partial charge in [-0.05, 0) is 61.7 Å². The molecule has 23 heavy (non-hydrogen) atoms. The number of fused-ring (bicyclic) bond motifs is 4. The van der Waals surface area contributed by atoms with Gasteiger partial charge in [-0.25, -0.2) is 0 Å². The van der Waals surface area contributed by atoms with E-state index >= 15 is 0 Å².